The van der Waals surface area contributed by atoms with Gasteiger partial charge in [-0.1, -0.05) is 59.1 Å². The van der Waals surface area contributed by atoms with Crippen molar-refractivity contribution in [3.05, 3.63) is 94.0 Å². The number of benzene rings is 3. The standard InChI is InChI=1S/C23H16Cl2N2O/c1-14-6-9-16(10-7-14)26-23(28)19-13-22(18-11-8-15(24)12-20(18)25)27-21-5-3-2-4-17(19)21/h2-13H,1H3,(H,26,28). The van der Waals surface area contributed by atoms with Crippen molar-refractivity contribution in [1.29, 1.82) is 0 Å². The number of carbonyl (C=O) groups excluding carboxylic acids is 1. The molecule has 3 nitrogen and oxygen atoms in total. The first-order valence-electron chi connectivity index (χ1n) is 8.74. The Bertz CT molecular complexity index is 1190. The average molecular weight is 407 g/mol. The Kier molecular flexibility index (Phi) is 5.03. The largest absolute Gasteiger partial charge is 0.322 e. The number of amides is 1. The van der Waals surface area contributed by atoms with Crippen LogP contribution in [0.3, 0.4) is 0 Å². The highest BCUT2D eigenvalue weighted by atomic mass is 35.5. The van der Waals surface area contributed by atoms with E-state index in [2.05, 4.69) is 5.32 Å². The number of para-hydroxylation sites is 1. The fraction of sp³-hybridized carbons (Fsp3) is 0.0435. The van der Waals surface area contributed by atoms with Gasteiger partial charge in [0, 0.05) is 21.7 Å². The molecule has 1 aromatic heterocycles. The second-order valence-corrected chi connectivity index (χ2v) is 7.36. The predicted molar refractivity (Wildman–Crippen MR) is 116 cm³/mol. The van der Waals surface area contributed by atoms with E-state index in [1.54, 1.807) is 18.2 Å². The van der Waals surface area contributed by atoms with Crippen LogP contribution in [0.2, 0.25) is 10.0 Å². The number of aryl methyl sites for hydroxylation is 1. The summed E-state index contributed by atoms with van der Waals surface area (Å²) in [5.41, 5.74) is 4.47. The minimum Gasteiger partial charge on any atom is -0.322 e. The molecule has 0 bridgehead atoms. The van der Waals surface area contributed by atoms with Crippen LogP contribution in [-0.2, 0) is 0 Å². The minimum atomic E-state index is -0.200. The lowest BCUT2D eigenvalue weighted by atomic mass is 10.0. The smallest absolute Gasteiger partial charge is 0.256 e. The molecular formula is C23H16Cl2N2O. The van der Waals surface area contributed by atoms with Crippen molar-refractivity contribution >= 4 is 45.7 Å². The number of hydrogen-bond donors (Lipinski definition) is 1. The van der Waals surface area contributed by atoms with Gasteiger partial charge in [-0.25, -0.2) is 4.98 Å². The summed E-state index contributed by atoms with van der Waals surface area (Å²) in [5.74, 6) is -0.200. The third kappa shape index (κ3) is 3.72. The van der Waals surface area contributed by atoms with E-state index in [0.29, 0.717) is 21.3 Å². The van der Waals surface area contributed by atoms with Crippen molar-refractivity contribution < 1.29 is 4.79 Å². The normalized spacial score (nSPS) is 10.8. The van der Waals surface area contributed by atoms with E-state index in [9.17, 15) is 4.79 Å². The summed E-state index contributed by atoms with van der Waals surface area (Å²) in [7, 11) is 0. The minimum absolute atomic E-state index is 0.200. The number of anilines is 1. The van der Waals surface area contributed by atoms with Crippen LogP contribution in [0.15, 0.2) is 72.8 Å². The molecule has 3 aromatic carbocycles. The summed E-state index contributed by atoms with van der Waals surface area (Å²) < 4.78 is 0. The number of aromatic nitrogens is 1. The number of nitrogens with zero attached hydrogens (tertiary/aromatic N) is 1. The SMILES string of the molecule is Cc1ccc(NC(=O)c2cc(-c3ccc(Cl)cc3Cl)nc3ccccc23)cc1. The zero-order valence-electron chi connectivity index (χ0n) is 15.0. The molecule has 1 heterocycles. The molecular weight excluding hydrogens is 391 g/mol. The maximum absolute atomic E-state index is 13.0. The Morgan fingerprint density at radius 3 is 2.43 bits per heavy atom. The Hall–Kier alpha value is -2.88. The summed E-state index contributed by atoms with van der Waals surface area (Å²) in [6.45, 7) is 2.00. The van der Waals surface area contributed by atoms with E-state index in [4.69, 9.17) is 28.2 Å². The quantitative estimate of drug-likeness (QED) is 0.407. The molecule has 5 heteroatoms. The number of rotatable bonds is 3. The topological polar surface area (TPSA) is 42.0 Å². The summed E-state index contributed by atoms with van der Waals surface area (Å²) in [4.78, 5) is 17.7. The molecule has 0 aliphatic rings. The van der Waals surface area contributed by atoms with Crippen LogP contribution in [0.4, 0.5) is 5.69 Å². The second kappa shape index (κ2) is 7.63. The van der Waals surface area contributed by atoms with Crippen molar-refractivity contribution in [2.75, 3.05) is 5.32 Å². The van der Waals surface area contributed by atoms with Crippen LogP contribution in [0.5, 0.6) is 0 Å². The van der Waals surface area contributed by atoms with Gasteiger partial charge < -0.3 is 5.32 Å². The molecule has 0 radical (unpaired) electrons. The molecule has 0 saturated heterocycles. The number of fused-ring (bicyclic) bond motifs is 1. The van der Waals surface area contributed by atoms with Crippen molar-refractivity contribution in [3.63, 3.8) is 0 Å². The molecule has 0 spiro atoms. The molecule has 1 amide bonds. The number of nitrogens with one attached hydrogen (secondary N) is 1. The van der Waals surface area contributed by atoms with E-state index < -0.39 is 0 Å². The highest BCUT2D eigenvalue weighted by Crippen LogP contribution is 2.32. The van der Waals surface area contributed by atoms with Gasteiger partial charge in [0.25, 0.3) is 5.91 Å². The first-order chi connectivity index (χ1) is 13.5. The lowest BCUT2D eigenvalue weighted by Gasteiger charge is -2.12. The summed E-state index contributed by atoms with van der Waals surface area (Å²) in [6.07, 6.45) is 0. The number of carbonyl (C=O) groups is 1. The first kappa shape index (κ1) is 18.5. The maximum atomic E-state index is 13.0. The molecule has 0 unspecified atom stereocenters. The van der Waals surface area contributed by atoms with E-state index >= 15 is 0 Å². The van der Waals surface area contributed by atoms with Crippen LogP contribution in [0.25, 0.3) is 22.2 Å². The van der Waals surface area contributed by atoms with Gasteiger partial charge in [0.2, 0.25) is 0 Å². The highest BCUT2D eigenvalue weighted by molar-refractivity contribution is 6.36. The Labute approximate surface area is 172 Å². The molecule has 4 rings (SSSR count). The molecule has 4 aromatic rings. The lowest BCUT2D eigenvalue weighted by molar-refractivity contribution is 0.102. The highest BCUT2D eigenvalue weighted by Gasteiger charge is 2.15. The molecule has 0 aliphatic carbocycles. The van der Waals surface area contributed by atoms with Gasteiger partial charge in [-0.3, -0.25) is 4.79 Å². The number of halogens is 2. The third-order valence-electron chi connectivity index (χ3n) is 4.48. The van der Waals surface area contributed by atoms with Crippen LogP contribution in [0.1, 0.15) is 15.9 Å². The van der Waals surface area contributed by atoms with E-state index in [0.717, 1.165) is 27.7 Å². The molecule has 0 fully saturated rings. The van der Waals surface area contributed by atoms with Gasteiger partial charge in [0.15, 0.2) is 0 Å². The summed E-state index contributed by atoms with van der Waals surface area (Å²) in [6, 6.07) is 22.2. The van der Waals surface area contributed by atoms with Gasteiger partial charge in [0.05, 0.1) is 21.8 Å². The monoisotopic (exact) mass is 406 g/mol. The summed E-state index contributed by atoms with van der Waals surface area (Å²) in [5, 5.41) is 4.77. The zero-order chi connectivity index (χ0) is 19.7. The molecule has 1 N–H and O–H groups in total. The van der Waals surface area contributed by atoms with Crippen LogP contribution < -0.4 is 5.32 Å². The molecule has 28 heavy (non-hydrogen) atoms. The molecule has 0 aliphatic heterocycles. The predicted octanol–water partition coefficient (Wildman–Crippen LogP) is 6.77. The Morgan fingerprint density at radius 1 is 0.929 bits per heavy atom. The maximum Gasteiger partial charge on any atom is 0.256 e. The van der Waals surface area contributed by atoms with Gasteiger partial charge in [-0.15, -0.1) is 0 Å². The van der Waals surface area contributed by atoms with Crippen molar-refractivity contribution in [3.8, 4) is 11.3 Å². The van der Waals surface area contributed by atoms with Crippen LogP contribution in [-0.4, -0.2) is 10.9 Å². The number of hydrogen-bond acceptors (Lipinski definition) is 2. The first-order valence-corrected chi connectivity index (χ1v) is 9.50. The van der Waals surface area contributed by atoms with E-state index in [1.807, 2.05) is 61.5 Å². The lowest BCUT2D eigenvalue weighted by Crippen LogP contribution is -2.13. The molecule has 0 saturated carbocycles. The van der Waals surface area contributed by atoms with Crippen LogP contribution in [0, 0.1) is 6.92 Å². The van der Waals surface area contributed by atoms with Gasteiger partial charge in [-0.2, -0.15) is 0 Å². The fourth-order valence-corrected chi connectivity index (χ4v) is 3.54. The summed E-state index contributed by atoms with van der Waals surface area (Å²) >= 11 is 12.4. The van der Waals surface area contributed by atoms with Crippen molar-refractivity contribution in [1.82, 2.24) is 4.98 Å². The molecule has 0 atom stereocenters. The molecule has 138 valence electrons. The van der Waals surface area contributed by atoms with E-state index in [-0.39, 0.29) is 5.91 Å². The second-order valence-electron chi connectivity index (χ2n) is 6.52. The third-order valence-corrected chi connectivity index (χ3v) is 5.03. The van der Waals surface area contributed by atoms with E-state index in [1.165, 1.54) is 0 Å². The van der Waals surface area contributed by atoms with Crippen molar-refractivity contribution in [2.24, 2.45) is 0 Å². The van der Waals surface area contributed by atoms with Crippen molar-refractivity contribution in [2.45, 2.75) is 6.92 Å². The van der Waals surface area contributed by atoms with Crippen LogP contribution >= 0.6 is 23.2 Å². The van der Waals surface area contributed by atoms with Gasteiger partial charge in [0.1, 0.15) is 0 Å². The van der Waals surface area contributed by atoms with Gasteiger partial charge >= 0.3 is 0 Å². The van der Waals surface area contributed by atoms with Gasteiger partial charge in [-0.05, 0) is 49.4 Å². The number of pyridine rings is 1. The zero-order valence-corrected chi connectivity index (χ0v) is 16.6. The average Bonchev–Trinajstić information content (AvgIpc) is 2.69. The Morgan fingerprint density at radius 2 is 1.68 bits per heavy atom. The fourth-order valence-electron chi connectivity index (χ4n) is 3.03. The Balaban J connectivity index is 1.82.